The van der Waals surface area contributed by atoms with Crippen molar-refractivity contribution in [3.8, 4) is 11.6 Å². The van der Waals surface area contributed by atoms with Crippen LogP contribution in [0.1, 0.15) is 15.9 Å². The Labute approximate surface area is 112 Å². The van der Waals surface area contributed by atoms with Gasteiger partial charge in [0.05, 0.1) is 5.56 Å². The minimum atomic E-state index is -0.971. The van der Waals surface area contributed by atoms with Gasteiger partial charge in [-0.25, -0.2) is 9.78 Å². The molecule has 0 amide bonds. The second-order valence-electron chi connectivity index (χ2n) is 3.65. The van der Waals surface area contributed by atoms with Crippen molar-refractivity contribution in [2.45, 2.75) is 6.92 Å². The topological polar surface area (TPSA) is 59.4 Å². The van der Waals surface area contributed by atoms with Crippen LogP contribution in [0.5, 0.6) is 11.6 Å². The molecule has 92 valence electrons. The van der Waals surface area contributed by atoms with E-state index in [4.69, 9.17) is 9.84 Å². The minimum absolute atomic E-state index is 0.226. The molecule has 5 heteroatoms. The molecule has 4 nitrogen and oxygen atoms in total. The number of carboxylic acid groups (broad SMARTS) is 1. The molecule has 0 saturated heterocycles. The molecule has 0 radical (unpaired) electrons. The number of hydrogen-bond acceptors (Lipinski definition) is 3. The van der Waals surface area contributed by atoms with E-state index in [0.29, 0.717) is 17.2 Å². The van der Waals surface area contributed by atoms with Gasteiger partial charge in [-0.15, -0.1) is 0 Å². The highest BCUT2D eigenvalue weighted by molar-refractivity contribution is 9.10. The number of nitrogens with zero attached hydrogens (tertiary/aromatic N) is 1. The SMILES string of the molecule is Cc1c(Oc2ccc(Br)cn2)cccc1C(=O)O. The molecule has 0 fully saturated rings. The van der Waals surface area contributed by atoms with Gasteiger partial charge in [-0.2, -0.15) is 0 Å². The maximum Gasteiger partial charge on any atom is 0.336 e. The van der Waals surface area contributed by atoms with Gasteiger partial charge in [0.2, 0.25) is 5.88 Å². The molecule has 18 heavy (non-hydrogen) atoms. The number of carboxylic acids is 1. The Morgan fingerprint density at radius 1 is 1.33 bits per heavy atom. The van der Waals surface area contributed by atoms with Crippen molar-refractivity contribution in [3.05, 3.63) is 52.1 Å². The Bertz CT molecular complexity index is 581. The van der Waals surface area contributed by atoms with Crippen LogP contribution in [0.15, 0.2) is 41.0 Å². The molecule has 2 aromatic rings. The molecule has 1 N–H and O–H groups in total. The first kappa shape index (κ1) is 12.6. The van der Waals surface area contributed by atoms with Gasteiger partial charge in [-0.3, -0.25) is 0 Å². The summed E-state index contributed by atoms with van der Waals surface area (Å²) < 4.78 is 6.41. The molecule has 0 atom stereocenters. The number of halogens is 1. The Kier molecular flexibility index (Phi) is 3.62. The molecule has 1 heterocycles. The second kappa shape index (κ2) is 5.18. The average molecular weight is 308 g/mol. The zero-order valence-electron chi connectivity index (χ0n) is 9.55. The van der Waals surface area contributed by atoms with Crippen molar-refractivity contribution >= 4 is 21.9 Å². The van der Waals surface area contributed by atoms with Crippen molar-refractivity contribution < 1.29 is 14.6 Å². The summed E-state index contributed by atoms with van der Waals surface area (Å²) in [5, 5.41) is 9.02. The first-order valence-corrected chi connectivity index (χ1v) is 5.99. The summed E-state index contributed by atoms with van der Waals surface area (Å²) in [6.45, 7) is 1.71. The highest BCUT2D eigenvalue weighted by atomic mass is 79.9. The Balaban J connectivity index is 2.32. The summed E-state index contributed by atoms with van der Waals surface area (Å²) in [5.74, 6) is -0.0599. The normalized spacial score (nSPS) is 10.1. The highest BCUT2D eigenvalue weighted by Crippen LogP contribution is 2.26. The largest absolute Gasteiger partial charge is 0.478 e. The van der Waals surface area contributed by atoms with Crippen LogP contribution in [0.2, 0.25) is 0 Å². The first-order valence-electron chi connectivity index (χ1n) is 5.20. The molecular formula is C13H10BrNO3. The van der Waals surface area contributed by atoms with E-state index in [1.807, 2.05) is 0 Å². The van der Waals surface area contributed by atoms with E-state index >= 15 is 0 Å². The van der Waals surface area contributed by atoms with E-state index in [0.717, 1.165) is 4.47 Å². The molecule has 0 aliphatic carbocycles. The standard InChI is InChI=1S/C13H10BrNO3/c1-8-10(13(16)17)3-2-4-11(8)18-12-6-5-9(14)7-15-12/h2-7H,1H3,(H,16,17). The van der Waals surface area contributed by atoms with Crippen molar-refractivity contribution in [2.24, 2.45) is 0 Å². The van der Waals surface area contributed by atoms with Gasteiger partial charge in [-0.05, 0) is 41.1 Å². The number of rotatable bonds is 3. The first-order chi connectivity index (χ1) is 8.58. The average Bonchev–Trinajstić information content (AvgIpc) is 2.34. The van der Waals surface area contributed by atoms with E-state index < -0.39 is 5.97 Å². The van der Waals surface area contributed by atoms with Crippen molar-refractivity contribution in [2.75, 3.05) is 0 Å². The van der Waals surface area contributed by atoms with Crippen LogP contribution in [0, 0.1) is 6.92 Å². The van der Waals surface area contributed by atoms with Gasteiger partial charge in [0.25, 0.3) is 0 Å². The summed E-state index contributed by atoms with van der Waals surface area (Å²) in [6.07, 6.45) is 1.62. The summed E-state index contributed by atoms with van der Waals surface area (Å²) in [6, 6.07) is 8.41. The Morgan fingerprint density at radius 3 is 2.72 bits per heavy atom. The lowest BCUT2D eigenvalue weighted by molar-refractivity contribution is 0.0695. The lowest BCUT2D eigenvalue weighted by Crippen LogP contribution is -2.01. The monoisotopic (exact) mass is 307 g/mol. The third-order valence-electron chi connectivity index (χ3n) is 2.43. The van der Waals surface area contributed by atoms with Crippen molar-refractivity contribution in [1.29, 1.82) is 0 Å². The van der Waals surface area contributed by atoms with Crippen LogP contribution in [-0.2, 0) is 0 Å². The van der Waals surface area contributed by atoms with Crippen molar-refractivity contribution in [3.63, 3.8) is 0 Å². The number of carbonyl (C=O) groups is 1. The van der Waals surface area contributed by atoms with Crippen LogP contribution in [0.25, 0.3) is 0 Å². The number of ether oxygens (including phenoxy) is 1. The minimum Gasteiger partial charge on any atom is -0.478 e. The molecule has 0 aliphatic rings. The van der Waals surface area contributed by atoms with Gasteiger partial charge in [0.15, 0.2) is 0 Å². The number of hydrogen-bond donors (Lipinski definition) is 1. The van der Waals surface area contributed by atoms with Crippen LogP contribution in [0.3, 0.4) is 0 Å². The fourth-order valence-electron chi connectivity index (χ4n) is 1.49. The maximum atomic E-state index is 11.0. The molecule has 0 aliphatic heterocycles. The molecule has 0 bridgehead atoms. The molecule has 0 unspecified atom stereocenters. The van der Waals surface area contributed by atoms with Crippen LogP contribution >= 0.6 is 15.9 Å². The van der Waals surface area contributed by atoms with E-state index in [-0.39, 0.29) is 5.56 Å². The third-order valence-corrected chi connectivity index (χ3v) is 2.90. The zero-order valence-corrected chi connectivity index (χ0v) is 11.1. The maximum absolute atomic E-state index is 11.0. The number of pyridine rings is 1. The predicted molar refractivity (Wildman–Crippen MR) is 70.1 cm³/mol. The lowest BCUT2D eigenvalue weighted by Gasteiger charge is -2.09. The molecule has 1 aromatic carbocycles. The Hall–Kier alpha value is -1.88. The summed E-state index contributed by atoms with van der Waals surface area (Å²) in [7, 11) is 0. The zero-order chi connectivity index (χ0) is 13.1. The fraction of sp³-hybridized carbons (Fsp3) is 0.0769. The highest BCUT2D eigenvalue weighted by Gasteiger charge is 2.11. The van der Waals surface area contributed by atoms with Gasteiger partial charge < -0.3 is 9.84 Å². The number of benzene rings is 1. The molecule has 1 aromatic heterocycles. The van der Waals surface area contributed by atoms with Gasteiger partial charge >= 0.3 is 5.97 Å². The van der Waals surface area contributed by atoms with E-state index in [2.05, 4.69) is 20.9 Å². The summed E-state index contributed by atoms with van der Waals surface area (Å²) >= 11 is 3.28. The van der Waals surface area contributed by atoms with Crippen LogP contribution in [-0.4, -0.2) is 16.1 Å². The third kappa shape index (κ3) is 2.68. The Morgan fingerprint density at radius 2 is 2.11 bits per heavy atom. The number of aromatic carboxylic acids is 1. The smallest absolute Gasteiger partial charge is 0.336 e. The number of aromatic nitrogens is 1. The van der Waals surface area contributed by atoms with Crippen LogP contribution in [0.4, 0.5) is 0 Å². The second-order valence-corrected chi connectivity index (χ2v) is 4.57. The van der Waals surface area contributed by atoms with Gasteiger partial charge in [0, 0.05) is 22.3 Å². The quantitative estimate of drug-likeness (QED) is 0.940. The molecule has 0 saturated carbocycles. The predicted octanol–water partition coefficient (Wildman–Crippen LogP) is 3.64. The fourth-order valence-corrected chi connectivity index (χ4v) is 1.73. The van der Waals surface area contributed by atoms with E-state index in [1.165, 1.54) is 0 Å². The summed E-state index contributed by atoms with van der Waals surface area (Å²) in [5.41, 5.74) is 0.805. The molecule has 0 spiro atoms. The van der Waals surface area contributed by atoms with Gasteiger partial charge in [-0.1, -0.05) is 6.07 Å². The van der Waals surface area contributed by atoms with E-state index in [1.54, 1.807) is 43.5 Å². The van der Waals surface area contributed by atoms with E-state index in [9.17, 15) is 4.79 Å². The lowest BCUT2D eigenvalue weighted by atomic mass is 10.1. The summed E-state index contributed by atoms with van der Waals surface area (Å²) in [4.78, 5) is 15.1. The molecular weight excluding hydrogens is 298 g/mol. The molecule has 2 rings (SSSR count). The van der Waals surface area contributed by atoms with Crippen molar-refractivity contribution in [1.82, 2.24) is 4.98 Å². The van der Waals surface area contributed by atoms with Gasteiger partial charge in [0.1, 0.15) is 5.75 Å². The van der Waals surface area contributed by atoms with Crippen LogP contribution < -0.4 is 4.74 Å².